The number of nitrogens with zero attached hydrogens (tertiary/aromatic N) is 3. The van der Waals surface area contributed by atoms with Gasteiger partial charge in [-0.05, 0) is 37.3 Å². The monoisotopic (exact) mass is 467 g/mol. The van der Waals surface area contributed by atoms with Crippen LogP contribution in [0.5, 0.6) is 5.75 Å². The van der Waals surface area contributed by atoms with Crippen LogP contribution in [0.2, 0.25) is 0 Å². The highest BCUT2D eigenvalue weighted by Gasteiger charge is 2.18. The van der Waals surface area contributed by atoms with Crippen molar-refractivity contribution in [2.45, 2.75) is 20.1 Å². The lowest BCUT2D eigenvalue weighted by molar-refractivity contribution is 0.0841. The summed E-state index contributed by atoms with van der Waals surface area (Å²) in [6.07, 6.45) is 0. The van der Waals surface area contributed by atoms with E-state index in [1.165, 1.54) is 45.7 Å². The molecule has 2 amide bonds. The number of amides is 2. The summed E-state index contributed by atoms with van der Waals surface area (Å²) in [5.74, 6) is -1.19. The van der Waals surface area contributed by atoms with E-state index in [1.54, 1.807) is 31.2 Å². The average Bonchev–Trinajstić information content (AvgIpc) is 3.32. The highest BCUT2D eigenvalue weighted by atomic mass is 32.1. The summed E-state index contributed by atoms with van der Waals surface area (Å²) in [4.78, 5) is 41.7. The molecule has 2 heterocycles. The number of nitrogens with one attached hydrogen (secondary N) is 2. The van der Waals surface area contributed by atoms with Gasteiger partial charge in [-0.3, -0.25) is 25.2 Å². The third-order valence-electron chi connectivity index (χ3n) is 4.63. The molecule has 2 N–H and O–H groups in total. The summed E-state index contributed by atoms with van der Waals surface area (Å²) >= 11 is 1.21. The molecule has 0 fully saturated rings. The van der Waals surface area contributed by atoms with E-state index >= 15 is 0 Å². The van der Waals surface area contributed by atoms with Gasteiger partial charge in [0.2, 0.25) is 0 Å². The van der Waals surface area contributed by atoms with E-state index in [9.17, 15) is 18.8 Å². The number of hydrogen-bond acceptors (Lipinski definition) is 7. The number of hydrazine groups is 1. The first kappa shape index (κ1) is 22.1. The fraction of sp³-hybridized carbons (Fsp3) is 0.136. The first-order valence-electron chi connectivity index (χ1n) is 9.89. The van der Waals surface area contributed by atoms with Gasteiger partial charge in [-0.2, -0.15) is 5.10 Å². The zero-order chi connectivity index (χ0) is 23.4. The van der Waals surface area contributed by atoms with Crippen LogP contribution in [0.1, 0.15) is 32.9 Å². The predicted octanol–water partition coefficient (Wildman–Crippen LogP) is 2.67. The van der Waals surface area contributed by atoms with Crippen molar-refractivity contribution >= 4 is 33.9 Å². The number of thiazole rings is 1. The summed E-state index contributed by atoms with van der Waals surface area (Å²) in [5.41, 5.74) is 4.42. The smallest absolute Gasteiger partial charge is 0.290 e. The Morgan fingerprint density at radius 2 is 1.76 bits per heavy atom. The molecule has 11 heteroatoms. The van der Waals surface area contributed by atoms with Crippen LogP contribution in [0.4, 0.5) is 4.39 Å². The van der Waals surface area contributed by atoms with E-state index < -0.39 is 11.8 Å². The van der Waals surface area contributed by atoms with Crippen LogP contribution in [0.3, 0.4) is 0 Å². The quantitative estimate of drug-likeness (QED) is 0.422. The topological polar surface area (TPSA) is 115 Å². The number of benzene rings is 2. The minimum atomic E-state index is -0.670. The second-order valence-electron chi connectivity index (χ2n) is 6.79. The van der Waals surface area contributed by atoms with Gasteiger partial charge in [-0.1, -0.05) is 18.2 Å². The lowest BCUT2D eigenvalue weighted by atomic mass is 10.1. The standard InChI is InChI=1S/C22H18FN5O4S/c1-2-28-22(31)16-6-4-3-5-15(16)19(27-28)21(30)26-25-20(29)17-12-33-18(24-17)11-32-14-9-7-13(23)8-10-14/h3-10,12H,2,11H2,1H3,(H,25,29)(H,26,30). The molecule has 168 valence electrons. The van der Waals surface area contributed by atoms with Crippen molar-refractivity contribution in [1.29, 1.82) is 0 Å². The molecule has 0 bridgehead atoms. The van der Waals surface area contributed by atoms with Crippen molar-refractivity contribution < 1.29 is 18.7 Å². The fourth-order valence-electron chi connectivity index (χ4n) is 3.01. The van der Waals surface area contributed by atoms with Gasteiger partial charge in [0.15, 0.2) is 5.69 Å². The maximum Gasteiger partial charge on any atom is 0.290 e. The zero-order valence-electron chi connectivity index (χ0n) is 17.4. The first-order chi connectivity index (χ1) is 16.0. The van der Waals surface area contributed by atoms with Crippen molar-refractivity contribution in [2.24, 2.45) is 0 Å². The number of hydrogen-bond donors (Lipinski definition) is 2. The van der Waals surface area contributed by atoms with E-state index in [4.69, 9.17) is 4.74 Å². The largest absolute Gasteiger partial charge is 0.486 e. The van der Waals surface area contributed by atoms with E-state index in [-0.39, 0.29) is 35.9 Å². The van der Waals surface area contributed by atoms with E-state index in [1.807, 2.05) is 0 Å². The molecular weight excluding hydrogens is 449 g/mol. The Morgan fingerprint density at radius 3 is 2.48 bits per heavy atom. The molecule has 0 saturated heterocycles. The number of aryl methyl sites for hydroxylation is 1. The maximum absolute atomic E-state index is 13.0. The number of fused-ring (bicyclic) bond motifs is 1. The van der Waals surface area contributed by atoms with Crippen LogP contribution in [0.25, 0.3) is 10.8 Å². The Morgan fingerprint density at radius 1 is 1.06 bits per heavy atom. The van der Waals surface area contributed by atoms with Gasteiger partial charge in [-0.25, -0.2) is 14.1 Å². The molecule has 0 unspecified atom stereocenters. The van der Waals surface area contributed by atoms with Crippen molar-refractivity contribution in [1.82, 2.24) is 25.6 Å². The SMILES string of the molecule is CCn1nc(C(=O)NNC(=O)c2csc(COc3ccc(F)cc3)n2)c2ccccc2c1=O. The number of carbonyl (C=O) groups is 2. The van der Waals surface area contributed by atoms with E-state index in [2.05, 4.69) is 20.9 Å². The van der Waals surface area contributed by atoms with Crippen LogP contribution < -0.4 is 21.1 Å². The van der Waals surface area contributed by atoms with Gasteiger partial charge >= 0.3 is 0 Å². The van der Waals surface area contributed by atoms with E-state index in [0.717, 1.165) is 0 Å². The lowest BCUT2D eigenvalue weighted by Gasteiger charge is -2.10. The summed E-state index contributed by atoms with van der Waals surface area (Å²) in [7, 11) is 0. The molecule has 9 nitrogen and oxygen atoms in total. The number of ether oxygens (including phenoxy) is 1. The molecule has 0 radical (unpaired) electrons. The van der Waals surface area contributed by atoms with Gasteiger partial charge in [0.1, 0.15) is 28.9 Å². The molecule has 0 spiro atoms. The number of carbonyl (C=O) groups excluding carboxylic acids is 2. The molecule has 0 aliphatic carbocycles. The highest BCUT2D eigenvalue weighted by molar-refractivity contribution is 7.09. The second kappa shape index (κ2) is 9.57. The molecule has 4 rings (SSSR count). The van der Waals surface area contributed by atoms with Crippen molar-refractivity contribution in [3.63, 3.8) is 0 Å². The van der Waals surface area contributed by atoms with Gasteiger partial charge in [0.05, 0.1) is 5.39 Å². The van der Waals surface area contributed by atoms with Crippen LogP contribution >= 0.6 is 11.3 Å². The van der Waals surface area contributed by atoms with E-state index in [0.29, 0.717) is 21.5 Å². The van der Waals surface area contributed by atoms with Crippen molar-refractivity contribution in [3.8, 4) is 5.75 Å². The Balaban J connectivity index is 1.41. The van der Waals surface area contributed by atoms with Crippen LogP contribution in [-0.4, -0.2) is 26.6 Å². The van der Waals surface area contributed by atoms with Crippen LogP contribution in [-0.2, 0) is 13.2 Å². The number of rotatable bonds is 6. The summed E-state index contributed by atoms with van der Waals surface area (Å²) < 4.78 is 19.7. The fourth-order valence-corrected chi connectivity index (χ4v) is 3.70. The minimum Gasteiger partial charge on any atom is -0.486 e. The molecule has 2 aromatic carbocycles. The third kappa shape index (κ3) is 4.88. The molecular formula is C22H18FN5O4S. The van der Waals surface area contributed by atoms with Gasteiger partial charge in [0.25, 0.3) is 17.4 Å². The van der Waals surface area contributed by atoms with Gasteiger partial charge < -0.3 is 4.74 Å². The first-order valence-corrected chi connectivity index (χ1v) is 10.8. The van der Waals surface area contributed by atoms with Crippen LogP contribution in [0, 0.1) is 5.82 Å². The molecule has 33 heavy (non-hydrogen) atoms. The Hall–Kier alpha value is -4.12. The molecule has 4 aromatic rings. The third-order valence-corrected chi connectivity index (χ3v) is 5.45. The Kier molecular flexibility index (Phi) is 6.41. The van der Waals surface area contributed by atoms with Gasteiger partial charge in [-0.15, -0.1) is 11.3 Å². The Labute approximate surface area is 190 Å². The summed E-state index contributed by atoms with van der Waals surface area (Å²) in [6.45, 7) is 2.13. The highest BCUT2D eigenvalue weighted by Crippen LogP contribution is 2.16. The summed E-state index contributed by atoms with van der Waals surface area (Å²) in [5, 5.41) is 6.91. The van der Waals surface area contributed by atoms with Crippen LogP contribution in [0.15, 0.2) is 58.7 Å². The average molecular weight is 467 g/mol. The second-order valence-corrected chi connectivity index (χ2v) is 7.74. The minimum absolute atomic E-state index is 0.0130. The normalized spacial score (nSPS) is 10.7. The maximum atomic E-state index is 13.0. The number of halogens is 1. The summed E-state index contributed by atoms with van der Waals surface area (Å²) in [6, 6.07) is 12.2. The van der Waals surface area contributed by atoms with Crippen molar-refractivity contribution in [2.75, 3.05) is 0 Å². The Bertz CT molecular complexity index is 1380. The van der Waals surface area contributed by atoms with Crippen molar-refractivity contribution in [3.05, 3.63) is 86.5 Å². The molecule has 0 atom stereocenters. The number of aromatic nitrogens is 3. The zero-order valence-corrected chi connectivity index (χ0v) is 18.2. The molecule has 0 aliphatic rings. The molecule has 0 saturated carbocycles. The molecule has 2 aromatic heterocycles. The molecule has 0 aliphatic heterocycles. The van der Waals surface area contributed by atoms with Gasteiger partial charge in [0, 0.05) is 17.3 Å². The predicted molar refractivity (Wildman–Crippen MR) is 119 cm³/mol. The lowest BCUT2D eigenvalue weighted by Crippen LogP contribution is -2.43.